The van der Waals surface area contributed by atoms with Gasteiger partial charge in [0.1, 0.15) is 11.3 Å². The van der Waals surface area contributed by atoms with Crippen LogP contribution in [0.3, 0.4) is 0 Å². The molecule has 2 aromatic carbocycles. The van der Waals surface area contributed by atoms with E-state index < -0.39 is 5.92 Å². The maximum absolute atomic E-state index is 13.6. The molecule has 0 bridgehead atoms. The molecular formula is C23H24Cl2F2N4. The van der Waals surface area contributed by atoms with Crippen LogP contribution in [0.2, 0.25) is 10.0 Å². The molecule has 2 heterocycles. The van der Waals surface area contributed by atoms with Crippen molar-refractivity contribution in [1.29, 1.82) is 0 Å². The molecule has 1 saturated heterocycles. The van der Waals surface area contributed by atoms with Crippen LogP contribution >= 0.6 is 23.2 Å². The van der Waals surface area contributed by atoms with Crippen LogP contribution in [0.25, 0.3) is 11.0 Å². The van der Waals surface area contributed by atoms with Crippen molar-refractivity contribution in [2.24, 2.45) is 5.92 Å². The van der Waals surface area contributed by atoms with Crippen molar-refractivity contribution in [3.63, 3.8) is 0 Å². The Morgan fingerprint density at radius 1 is 1.13 bits per heavy atom. The van der Waals surface area contributed by atoms with Crippen LogP contribution in [0.1, 0.15) is 37.1 Å². The van der Waals surface area contributed by atoms with Crippen LogP contribution in [0.4, 0.5) is 20.2 Å². The number of hydrogen-bond donors (Lipinski definition) is 2. The summed E-state index contributed by atoms with van der Waals surface area (Å²) in [5, 5.41) is 4.33. The lowest BCUT2D eigenvalue weighted by atomic mass is 10.1. The number of nitrogens with one attached hydrogen (secondary N) is 2. The van der Waals surface area contributed by atoms with E-state index in [1.165, 1.54) is 12.8 Å². The van der Waals surface area contributed by atoms with Gasteiger partial charge >= 0.3 is 0 Å². The topological polar surface area (TPSA) is 44.0 Å². The zero-order valence-corrected chi connectivity index (χ0v) is 18.5. The van der Waals surface area contributed by atoms with E-state index in [9.17, 15) is 8.78 Å². The molecule has 1 aliphatic heterocycles. The van der Waals surface area contributed by atoms with Crippen LogP contribution in [0.15, 0.2) is 30.3 Å². The number of fused-ring (bicyclic) bond motifs is 1. The summed E-state index contributed by atoms with van der Waals surface area (Å²) >= 11 is 13.1. The van der Waals surface area contributed by atoms with E-state index in [1.807, 2.05) is 4.90 Å². The summed E-state index contributed by atoms with van der Waals surface area (Å²) in [6, 6.07) is 10.2. The Morgan fingerprint density at radius 2 is 1.84 bits per heavy atom. The second-order valence-electron chi connectivity index (χ2n) is 8.64. The Hall–Kier alpha value is -2.05. The SMILES string of the molecule is FC1(F)CCN(c2c(Cl)cc3[nH]c(Cc4ccc(NCC5CC5)cc4)nc3c2Cl)CC1. The van der Waals surface area contributed by atoms with Crippen LogP contribution in [-0.2, 0) is 6.42 Å². The third-order valence-electron chi connectivity index (χ3n) is 6.12. The lowest BCUT2D eigenvalue weighted by molar-refractivity contribution is -0.0220. The molecule has 4 nitrogen and oxygen atoms in total. The van der Waals surface area contributed by atoms with Crippen LogP contribution < -0.4 is 10.2 Å². The quantitative estimate of drug-likeness (QED) is 0.436. The molecule has 164 valence electrons. The van der Waals surface area contributed by atoms with Crippen LogP contribution in [-0.4, -0.2) is 35.5 Å². The van der Waals surface area contributed by atoms with Crippen molar-refractivity contribution in [1.82, 2.24) is 9.97 Å². The third-order valence-corrected chi connectivity index (χ3v) is 6.77. The number of H-pyrrole nitrogens is 1. The minimum absolute atomic E-state index is 0.199. The molecule has 3 aromatic rings. The molecule has 2 N–H and O–H groups in total. The molecule has 0 radical (unpaired) electrons. The highest BCUT2D eigenvalue weighted by Crippen LogP contribution is 2.41. The molecule has 2 fully saturated rings. The second kappa shape index (κ2) is 8.14. The van der Waals surface area contributed by atoms with Gasteiger partial charge in [0.05, 0.1) is 21.2 Å². The van der Waals surface area contributed by atoms with E-state index in [-0.39, 0.29) is 25.9 Å². The lowest BCUT2D eigenvalue weighted by Crippen LogP contribution is -2.39. The highest BCUT2D eigenvalue weighted by molar-refractivity contribution is 6.42. The molecule has 8 heteroatoms. The zero-order chi connectivity index (χ0) is 21.6. The first kappa shape index (κ1) is 20.8. The Labute approximate surface area is 189 Å². The number of rotatable bonds is 6. The van der Waals surface area contributed by atoms with Gasteiger partial charge in [0, 0.05) is 44.6 Å². The van der Waals surface area contributed by atoms with Gasteiger partial charge in [0.25, 0.3) is 5.92 Å². The van der Waals surface area contributed by atoms with Crippen LogP contribution in [0.5, 0.6) is 0 Å². The number of benzene rings is 2. The normalized spacial score (nSPS) is 18.5. The van der Waals surface area contributed by atoms with Gasteiger partial charge < -0.3 is 15.2 Å². The maximum Gasteiger partial charge on any atom is 0.251 e. The van der Waals surface area contributed by atoms with Gasteiger partial charge in [-0.25, -0.2) is 13.8 Å². The van der Waals surface area contributed by atoms with E-state index in [0.29, 0.717) is 27.7 Å². The Balaban J connectivity index is 1.34. The van der Waals surface area contributed by atoms with Gasteiger partial charge in [-0.05, 0) is 42.5 Å². The van der Waals surface area contributed by atoms with Crippen molar-refractivity contribution in [2.75, 3.05) is 29.9 Å². The molecule has 0 amide bonds. The average Bonchev–Trinajstić information content (AvgIpc) is 3.48. The number of halogens is 4. The van der Waals surface area contributed by atoms with E-state index in [1.54, 1.807) is 6.07 Å². The summed E-state index contributed by atoms with van der Waals surface area (Å²) in [4.78, 5) is 9.82. The molecule has 5 rings (SSSR count). The number of hydrogen-bond acceptors (Lipinski definition) is 3. The summed E-state index contributed by atoms with van der Waals surface area (Å²) < 4.78 is 27.1. The third kappa shape index (κ3) is 4.60. The van der Waals surface area contributed by atoms with Gasteiger partial charge in [-0.2, -0.15) is 0 Å². The van der Waals surface area contributed by atoms with Gasteiger partial charge in [-0.15, -0.1) is 0 Å². The number of aromatic amines is 1. The summed E-state index contributed by atoms with van der Waals surface area (Å²) in [5.74, 6) is -1.01. The largest absolute Gasteiger partial charge is 0.385 e. The standard InChI is InChI=1S/C23H24Cl2F2N4/c24-17-12-18-21(20(25)22(17)31-9-7-23(26,27)8-10-31)30-19(29-18)11-14-3-5-16(6-4-14)28-13-15-1-2-15/h3-6,12,15,28H,1-2,7-11,13H2,(H,29,30). The highest BCUT2D eigenvalue weighted by atomic mass is 35.5. The highest BCUT2D eigenvalue weighted by Gasteiger charge is 2.35. The molecule has 2 aliphatic rings. The molecule has 0 unspecified atom stereocenters. The Kier molecular flexibility index (Phi) is 5.47. The van der Waals surface area contributed by atoms with Crippen molar-refractivity contribution in [3.05, 3.63) is 51.8 Å². The number of anilines is 2. The summed E-state index contributed by atoms with van der Waals surface area (Å²) in [7, 11) is 0. The first-order chi connectivity index (χ1) is 14.9. The van der Waals surface area contributed by atoms with Crippen molar-refractivity contribution < 1.29 is 8.78 Å². The van der Waals surface area contributed by atoms with Gasteiger partial charge in [-0.3, -0.25) is 0 Å². The molecule has 1 saturated carbocycles. The van der Waals surface area contributed by atoms with Crippen molar-refractivity contribution >= 4 is 45.6 Å². The summed E-state index contributed by atoms with van der Waals surface area (Å²) in [5.41, 5.74) is 4.23. The van der Waals surface area contributed by atoms with Gasteiger partial charge in [0.15, 0.2) is 0 Å². The fourth-order valence-corrected chi connectivity index (χ4v) is 4.81. The smallest absolute Gasteiger partial charge is 0.251 e. The summed E-state index contributed by atoms with van der Waals surface area (Å²) in [6.45, 7) is 1.48. The van der Waals surface area contributed by atoms with Gasteiger partial charge in [0.2, 0.25) is 0 Å². The second-order valence-corrected chi connectivity index (χ2v) is 9.43. The van der Waals surface area contributed by atoms with E-state index >= 15 is 0 Å². The number of alkyl halides is 2. The molecule has 0 atom stereocenters. The first-order valence-electron chi connectivity index (χ1n) is 10.7. The molecule has 1 aliphatic carbocycles. The molecule has 1 aromatic heterocycles. The van der Waals surface area contributed by atoms with E-state index in [4.69, 9.17) is 23.2 Å². The lowest BCUT2D eigenvalue weighted by Gasteiger charge is -2.34. The average molecular weight is 465 g/mol. The van der Waals surface area contributed by atoms with Gasteiger partial charge in [-0.1, -0.05) is 35.3 Å². The minimum atomic E-state index is -2.62. The number of imidazole rings is 1. The zero-order valence-electron chi connectivity index (χ0n) is 17.0. The van der Waals surface area contributed by atoms with E-state index in [0.717, 1.165) is 35.1 Å². The fourth-order valence-electron chi connectivity index (χ4n) is 4.07. The number of piperidine rings is 1. The first-order valence-corrected chi connectivity index (χ1v) is 11.5. The molecule has 31 heavy (non-hydrogen) atoms. The predicted molar refractivity (Wildman–Crippen MR) is 123 cm³/mol. The predicted octanol–water partition coefficient (Wildman–Crippen LogP) is 6.52. The van der Waals surface area contributed by atoms with Crippen molar-refractivity contribution in [3.8, 4) is 0 Å². The number of nitrogens with zero attached hydrogens (tertiary/aromatic N) is 2. The monoisotopic (exact) mass is 464 g/mol. The van der Waals surface area contributed by atoms with Crippen LogP contribution in [0, 0.1) is 5.92 Å². The fraction of sp³-hybridized carbons (Fsp3) is 0.435. The van der Waals surface area contributed by atoms with Crippen molar-refractivity contribution in [2.45, 2.75) is 38.0 Å². The summed E-state index contributed by atoms with van der Waals surface area (Å²) in [6.07, 6.45) is 2.90. The molecular weight excluding hydrogens is 441 g/mol. The molecule has 0 spiro atoms. The number of aromatic nitrogens is 2. The Bertz CT molecular complexity index is 1080. The maximum atomic E-state index is 13.6. The van der Waals surface area contributed by atoms with E-state index in [2.05, 4.69) is 39.6 Å². The Morgan fingerprint density at radius 3 is 2.52 bits per heavy atom. The minimum Gasteiger partial charge on any atom is -0.385 e.